The van der Waals surface area contributed by atoms with Gasteiger partial charge in [0, 0.05) is 0 Å². The van der Waals surface area contributed by atoms with Crippen LogP contribution in [-0.2, 0) is 0 Å². The van der Waals surface area contributed by atoms with Crippen molar-refractivity contribution in [2.24, 2.45) is 0 Å². The van der Waals surface area contributed by atoms with Gasteiger partial charge in [-0.2, -0.15) is 0 Å². The quantitative estimate of drug-likeness (QED) is 0.309. The number of nitrogens with zero attached hydrogens (tertiary/aromatic N) is 2. The minimum atomic E-state index is -1.66. The summed E-state index contributed by atoms with van der Waals surface area (Å²) in [6, 6.07) is 0. The van der Waals surface area contributed by atoms with Gasteiger partial charge in [0.25, 0.3) is 0 Å². The van der Waals surface area contributed by atoms with E-state index in [1.807, 2.05) is 0 Å². The van der Waals surface area contributed by atoms with Crippen molar-refractivity contribution in [1.82, 2.24) is 7.05 Å². The molecule has 0 aromatic heterocycles. The fourth-order valence-corrected chi connectivity index (χ4v) is 29.1. The second-order valence-corrected chi connectivity index (χ2v) is 25.2. The van der Waals surface area contributed by atoms with Gasteiger partial charge in [-0.1, -0.05) is 41.5 Å². The van der Waals surface area contributed by atoms with Gasteiger partial charge in [-0.25, -0.2) is 0 Å². The molecule has 24 heavy (non-hydrogen) atoms. The molecule has 0 aromatic carbocycles. The first kappa shape index (κ1) is 25.4. The summed E-state index contributed by atoms with van der Waals surface area (Å²) in [4.78, 5) is 0. The Labute approximate surface area is 165 Å². The molecule has 0 atom stereocenters. The van der Waals surface area contributed by atoms with Crippen molar-refractivity contribution in [3.63, 3.8) is 0 Å². The van der Waals surface area contributed by atoms with Crippen molar-refractivity contribution in [3.8, 4) is 0 Å². The summed E-state index contributed by atoms with van der Waals surface area (Å²) < 4.78 is 5.32. The minimum absolute atomic E-state index is 0.245. The van der Waals surface area contributed by atoms with Gasteiger partial charge in [0.2, 0.25) is 0 Å². The summed E-state index contributed by atoms with van der Waals surface area (Å²) in [5, 5.41) is 1.02. The monoisotopic (exact) mass is 455 g/mol. The zero-order valence-corrected chi connectivity index (χ0v) is 23.6. The van der Waals surface area contributed by atoms with Crippen LogP contribution in [0.1, 0.15) is 83.1 Å². The van der Waals surface area contributed by atoms with Crippen LogP contribution >= 0.6 is 18.6 Å². The summed E-state index contributed by atoms with van der Waals surface area (Å²) in [6.07, 6.45) is 0. The number of rotatable bonds is 0. The summed E-state index contributed by atoms with van der Waals surface area (Å²) in [6.45, 7) is 32.4. The van der Waals surface area contributed by atoms with Gasteiger partial charge in [0.15, 0.2) is 0 Å². The van der Waals surface area contributed by atoms with E-state index in [9.17, 15) is 0 Å². The molecule has 0 aliphatic carbocycles. The van der Waals surface area contributed by atoms with E-state index in [0.717, 1.165) is 8.58 Å². The topological polar surface area (TPSA) is 6.48 Å². The van der Waals surface area contributed by atoms with E-state index < -0.39 is 22.3 Å². The molecule has 2 nitrogen and oxygen atoms in total. The molecule has 0 saturated carbocycles. The molecular formula is C18H43ClGeN2PSi. The summed E-state index contributed by atoms with van der Waals surface area (Å²) in [7, 11) is 6.30. The van der Waals surface area contributed by atoms with Crippen LogP contribution in [0.5, 0.6) is 0 Å². The first-order chi connectivity index (χ1) is 10.1. The van der Waals surface area contributed by atoms with E-state index in [-0.39, 0.29) is 11.1 Å². The number of hydrogen-bond acceptors (Lipinski definition) is 2. The van der Waals surface area contributed by atoms with Gasteiger partial charge in [-0.3, -0.25) is 0 Å². The molecular weight excluding hydrogens is 411 g/mol. The average Bonchev–Trinajstić information content (AvgIpc) is 2.02. The van der Waals surface area contributed by atoms with E-state index in [1.165, 1.54) is 0 Å². The Bertz CT molecular complexity index is 381. The van der Waals surface area contributed by atoms with E-state index in [1.54, 1.807) is 0 Å². The fourth-order valence-electron chi connectivity index (χ4n) is 3.93. The van der Waals surface area contributed by atoms with E-state index in [2.05, 4.69) is 103 Å². The molecule has 0 unspecified atom stereocenters. The van der Waals surface area contributed by atoms with E-state index >= 15 is 0 Å². The van der Waals surface area contributed by atoms with E-state index in [4.69, 9.17) is 10.0 Å². The van der Waals surface area contributed by atoms with Gasteiger partial charge >= 0.3 is 105 Å². The standard InChI is InChI=1S/C10H24ClGeN2Si.C8H19P/c1-9(2,3)13-12(11)14(10(4,5)6)15(13,7)8;1-7(2,3)9-8(4,5)6/h1-8H3;9H,1-6H3. The van der Waals surface area contributed by atoms with Crippen molar-refractivity contribution >= 4 is 40.9 Å². The van der Waals surface area contributed by atoms with Gasteiger partial charge in [0.05, 0.1) is 0 Å². The predicted octanol–water partition coefficient (Wildman–Crippen LogP) is 6.39. The molecule has 1 aliphatic rings. The molecule has 1 radical (unpaired) electrons. The maximum absolute atomic E-state index is 6.69. The van der Waals surface area contributed by atoms with Crippen LogP contribution in [0, 0.1) is 0 Å². The van der Waals surface area contributed by atoms with Crippen molar-refractivity contribution in [3.05, 3.63) is 0 Å². The molecule has 0 bridgehead atoms. The third-order valence-electron chi connectivity index (χ3n) is 3.56. The van der Waals surface area contributed by atoms with Gasteiger partial charge < -0.3 is 0 Å². The zero-order chi connectivity index (χ0) is 19.9. The van der Waals surface area contributed by atoms with Crippen LogP contribution in [0.2, 0.25) is 13.1 Å². The van der Waals surface area contributed by atoms with Crippen molar-refractivity contribution in [2.45, 2.75) is 118 Å². The molecule has 0 amide bonds. The van der Waals surface area contributed by atoms with Crippen molar-refractivity contribution < 1.29 is 0 Å². The van der Waals surface area contributed by atoms with Crippen LogP contribution in [0.25, 0.3) is 0 Å². The van der Waals surface area contributed by atoms with Crippen molar-refractivity contribution in [1.29, 1.82) is 0 Å². The Kier molecular flexibility index (Phi) is 8.25. The molecule has 1 saturated heterocycles. The van der Waals surface area contributed by atoms with E-state index in [0.29, 0.717) is 10.3 Å². The Morgan fingerprint density at radius 3 is 1.00 bits per heavy atom. The van der Waals surface area contributed by atoms with Crippen LogP contribution < -0.4 is 0 Å². The first-order valence-electron chi connectivity index (χ1n) is 9.03. The number of hydrogen-bond donors (Lipinski definition) is 0. The summed E-state index contributed by atoms with van der Waals surface area (Å²) in [5.74, 6) is 0. The molecule has 6 heteroatoms. The normalized spacial score (nSPS) is 21.1. The second kappa shape index (κ2) is 7.79. The summed E-state index contributed by atoms with van der Waals surface area (Å²) >= 11 is -1.66. The molecule has 0 aromatic rings. The SMILES string of the molecule is CC(C)(C)PC(C)(C)C.CC(C)(C)[N]1[Ge]([Cl])[N](C(C)(C)C)[Si]1(C)C. The van der Waals surface area contributed by atoms with Gasteiger partial charge in [-0.15, -0.1) is 8.58 Å². The molecule has 1 heterocycles. The predicted molar refractivity (Wildman–Crippen MR) is 120 cm³/mol. The van der Waals surface area contributed by atoms with Crippen molar-refractivity contribution in [2.75, 3.05) is 0 Å². The van der Waals surface area contributed by atoms with Crippen LogP contribution in [0.4, 0.5) is 0 Å². The molecule has 1 aliphatic heterocycles. The first-order valence-corrected chi connectivity index (χ1v) is 17.6. The molecule has 0 spiro atoms. The third kappa shape index (κ3) is 7.56. The molecule has 0 N–H and O–H groups in total. The molecule has 145 valence electrons. The molecule has 1 fully saturated rings. The second-order valence-electron chi connectivity index (χ2n) is 11.4. The Morgan fingerprint density at radius 2 is 0.917 bits per heavy atom. The van der Waals surface area contributed by atoms with Crippen LogP contribution in [0.3, 0.4) is 0 Å². The maximum atomic E-state index is 6.69. The Morgan fingerprint density at radius 1 is 0.667 bits per heavy atom. The number of halogens is 1. The van der Waals surface area contributed by atoms with Crippen LogP contribution in [0.15, 0.2) is 0 Å². The summed E-state index contributed by atoms with van der Waals surface area (Å²) in [5.41, 5.74) is 0.489. The van der Waals surface area contributed by atoms with Gasteiger partial charge in [-0.05, 0) is 10.3 Å². The molecule has 1 rings (SSSR count). The van der Waals surface area contributed by atoms with Gasteiger partial charge in [0.1, 0.15) is 0 Å². The third-order valence-corrected chi connectivity index (χ3v) is 25.3. The Balaban J connectivity index is 0.000000506. The Hall–Kier alpha value is 1.40. The fraction of sp³-hybridized carbons (Fsp3) is 1.00. The zero-order valence-electron chi connectivity index (χ0n) is 18.8. The van der Waals surface area contributed by atoms with Crippen LogP contribution in [-0.4, -0.2) is 50.7 Å². The average molecular weight is 455 g/mol.